The summed E-state index contributed by atoms with van der Waals surface area (Å²) in [5.41, 5.74) is 2.35. The van der Waals surface area contributed by atoms with Gasteiger partial charge in [-0.15, -0.1) is 0 Å². The van der Waals surface area contributed by atoms with Gasteiger partial charge in [-0.2, -0.15) is 0 Å². The molecule has 2 fully saturated rings. The smallest absolute Gasteiger partial charge is 0.247 e. The van der Waals surface area contributed by atoms with Crippen molar-refractivity contribution in [1.29, 1.82) is 0 Å². The van der Waals surface area contributed by atoms with Gasteiger partial charge in [0.2, 0.25) is 11.8 Å². The molecule has 4 heteroatoms. The van der Waals surface area contributed by atoms with Crippen molar-refractivity contribution < 1.29 is 9.59 Å². The summed E-state index contributed by atoms with van der Waals surface area (Å²) in [7, 11) is 0. The molecule has 19 heavy (non-hydrogen) atoms. The van der Waals surface area contributed by atoms with Gasteiger partial charge in [0.05, 0.1) is 12.5 Å². The number of rotatable bonds is 4. The van der Waals surface area contributed by atoms with Gasteiger partial charge >= 0.3 is 0 Å². The zero-order valence-electron chi connectivity index (χ0n) is 11.1. The molecule has 0 aromatic heterocycles. The molecule has 3 rings (SSSR count). The number of likely N-dealkylation sites (tertiary alicyclic amines) is 1. The molecule has 1 N–H and O–H groups in total. The van der Waals surface area contributed by atoms with Crippen molar-refractivity contribution in [3.05, 3.63) is 35.4 Å². The number of benzene rings is 1. The summed E-state index contributed by atoms with van der Waals surface area (Å²) in [6.07, 6.45) is 2.26. The Hall–Kier alpha value is -1.68. The molecule has 1 saturated heterocycles. The summed E-state index contributed by atoms with van der Waals surface area (Å²) in [5, 5.41) is 3.20. The predicted octanol–water partition coefficient (Wildman–Crippen LogP) is 1.37. The first-order valence-corrected chi connectivity index (χ1v) is 6.80. The molecule has 1 aliphatic heterocycles. The first-order valence-electron chi connectivity index (χ1n) is 6.80. The monoisotopic (exact) mass is 258 g/mol. The molecular weight excluding hydrogens is 240 g/mol. The lowest BCUT2D eigenvalue weighted by molar-refractivity contribution is -0.139. The minimum atomic E-state index is -0.339. The van der Waals surface area contributed by atoms with E-state index in [-0.39, 0.29) is 23.9 Å². The number of carbonyl (C=O) groups is 2. The second-order valence-electron chi connectivity index (χ2n) is 5.46. The second-order valence-corrected chi connectivity index (χ2v) is 5.46. The molecular formula is C15H18N2O2. The number of nitrogens with one attached hydrogen (secondary N) is 1. The molecule has 1 aliphatic carbocycles. The van der Waals surface area contributed by atoms with Gasteiger partial charge < -0.3 is 5.32 Å². The van der Waals surface area contributed by atoms with Crippen LogP contribution in [0.3, 0.4) is 0 Å². The third-order valence-electron chi connectivity index (χ3n) is 3.77. The van der Waals surface area contributed by atoms with E-state index in [1.54, 1.807) is 0 Å². The quantitative estimate of drug-likeness (QED) is 0.830. The minimum absolute atomic E-state index is 0.0195. The Bertz CT molecular complexity index is 505. The van der Waals surface area contributed by atoms with Crippen LogP contribution in [0.15, 0.2) is 24.3 Å². The number of carbonyl (C=O) groups excluding carboxylic acids is 2. The van der Waals surface area contributed by atoms with E-state index < -0.39 is 0 Å². The lowest BCUT2D eigenvalue weighted by Gasteiger charge is -2.14. The van der Waals surface area contributed by atoms with Crippen molar-refractivity contribution >= 4 is 11.8 Å². The molecule has 0 radical (unpaired) electrons. The molecule has 4 nitrogen and oxygen atoms in total. The molecule has 1 heterocycles. The summed E-state index contributed by atoms with van der Waals surface area (Å²) in [6, 6.07) is 8.04. The normalized spacial score (nSPS) is 23.2. The Morgan fingerprint density at radius 1 is 1.21 bits per heavy atom. The fourth-order valence-corrected chi connectivity index (χ4v) is 2.47. The number of nitrogens with zero attached hydrogens (tertiary/aromatic N) is 1. The van der Waals surface area contributed by atoms with Crippen molar-refractivity contribution in [3.8, 4) is 0 Å². The molecule has 1 aromatic rings. The highest BCUT2D eigenvalue weighted by Gasteiger charge is 2.45. The van der Waals surface area contributed by atoms with Crippen molar-refractivity contribution in [2.75, 3.05) is 0 Å². The van der Waals surface area contributed by atoms with Crippen molar-refractivity contribution in [3.63, 3.8) is 0 Å². The number of hydrogen-bond acceptors (Lipinski definition) is 3. The van der Waals surface area contributed by atoms with Crippen LogP contribution >= 0.6 is 0 Å². The Labute approximate surface area is 112 Å². The van der Waals surface area contributed by atoms with Crippen LogP contribution in [-0.4, -0.2) is 28.8 Å². The molecule has 0 spiro atoms. The van der Waals surface area contributed by atoms with E-state index in [0.29, 0.717) is 13.0 Å². The Morgan fingerprint density at radius 3 is 2.53 bits per heavy atom. The number of aryl methyl sites for hydroxylation is 1. The van der Waals surface area contributed by atoms with E-state index in [2.05, 4.69) is 17.4 Å². The molecule has 2 aliphatic rings. The lowest BCUT2D eigenvalue weighted by Crippen LogP contribution is -2.39. The zero-order chi connectivity index (χ0) is 13.4. The van der Waals surface area contributed by atoms with E-state index in [4.69, 9.17) is 0 Å². The summed E-state index contributed by atoms with van der Waals surface area (Å²) in [6.45, 7) is 2.67. The highest BCUT2D eigenvalue weighted by molar-refractivity contribution is 6.06. The van der Waals surface area contributed by atoms with E-state index >= 15 is 0 Å². The highest BCUT2D eigenvalue weighted by atomic mass is 16.2. The third-order valence-corrected chi connectivity index (χ3v) is 3.77. The van der Waals surface area contributed by atoms with Gasteiger partial charge in [0, 0.05) is 12.6 Å². The van der Waals surface area contributed by atoms with E-state index in [0.717, 1.165) is 18.4 Å². The highest BCUT2D eigenvalue weighted by Crippen LogP contribution is 2.31. The number of hydrogen-bond donors (Lipinski definition) is 1. The zero-order valence-corrected chi connectivity index (χ0v) is 11.1. The standard InChI is InChI=1S/C15H18N2O2/c1-10-2-4-11(5-3-10)9-16-13-8-14(18)17(15(13)19)12-6-7-12/h2-5,12-13,16H,6-9H2,1H3. The fourth-order valence-electron chi connectivity index (χ4n) is 2.47. The Kier molecular flexibility index (Phi) is 3.11. The molecule has 1 aromatic carbocycles. The summed E-state index contributed by atoms with van der Waals surface area (Å²) in [5.74, 6) is -0.0616. The number of imide groups is 1. The largest absolute Gasteiger partial charge is 0.301 e. The van der Waals surface area contributed by atoms with Crippen LogP contribution in [0.5, 0.6) is 0 Å². The van der Waals surface area contributed by atoms with E-state index in [9.17, 15) is 9.59 Å². The van der Waals surface area contributed by atoms with Crippen LogP contribution in [-0.2, 0) is 16.1 Å². The summed E-state index contributed by atoms with van der Waals surface area (Å²) >= 11 is 0. The second kappa shape index (κ2) is 4.78. The lowest BCUT2D eigenvalue weighted by atomic mass is 10.1. The number of amides is 2. The molecule has 2 amide bonds. The maximum absolute atomic E-state index is 12.1. The van der Waals surface area contributed by atoms with Gasteiger partial charge in [-0.05, 0) is 25.3 Å². The van der Waals surface area contributed by atoms with Gasteiger partial charge in [-0.1, -0.05) is 29.8 Å². The van der Waals surface area contributed by atoms with Crippen LogP contribution in [0.4, 0.5) is 0 Å². The first kappa shape index (κ1) is 12.4. The van der Waals surface area contributed by atoms with Gasteiger partial charge in [0.25, 0.3) is 0 Å². The molecule has 0 bridgehead atoms. The molecule has 1 atom stereocenters. The van der Waals surface area contributed by atoms with Gasteiger partial charge in [0.1, 0.15) is 0 Å². The molecule has 1 unspecified atom stereocenters. The first-order chi connectivity index (χ1) is 9.15. The molecule has 1 saturated carbocycles. The van der Waals surface area contributed by atoms with Gasteiger partial charge in [0.15, 0.2) is 0 Å². The average molecular weight is 258 g/mol. The van der Waals surface area contributed by atoms with Crippen LogP contribution in [0.1, 0.15) is 30.4 Å². The van der Waals surface area contributed by atoms with Crippen LogP contribution in [0.2, 0.25) is 0 Å². The van der Waals surface area contributed by atoms with Gasteiger partial charge in [-0.3, -0.25) is 14.5 Å². The van der Waals surface area contributed by atoms with Crippen LogP contribution in [0, 0.1) is 6.92 Å². The fraction of sp³-hybridized carbons (Fsp3) is 0.467. The summed E-state index contributed by atoms with van der Waals surface area (Å²) in [4.78, 5) is 25.4. The predicted molar refractivity (Wildman–Crippen MR) is 71.3 cm³/mol. The van der Waals surface area contributed by atoms with E-state index in [1.165, 1.54) is 10.5 Å². The topological polar surface area (TPSA) is 49.4 Å². The van der Waals surface area contributed by atoms with Gasteiger partial charge in [-0.25, -0.2) is 0 Å². The Morgan fingerprint density at radius 2 is 1.89 bits per heavy atom. The van der Waals surface area contributed by atoms with Crippen LogP contribution < -0.4 is 5.32 Å². The minimum Gasteiger partial charge on any atom is -0.301 e. The van der Waals surface area contributed by atoms with Crippen molar-refractivity contribution in [2.24, 2.45) is 0 Å². The maximum atomic E-state index is 12.1. The third kappa shape index (κ3) is 2.54. The van der Waals surface area contributed by atoms with Crippen molar-refractivity contribution in [2.45, 2.75) is 44.8 Å². The van der Waals surface area contributed by atoms with Crippen molar-refractivity contribution in [1.82, 2.24) is 10.2 Å². The summed E-state index contributed by atoms with van der Waals surface area (Å²) < 4.78 is 0. The average Bonchev–Trinajstić information content (AvgIpc) is 3.17. The molecule has 100 valence electrons. The maximum Gasteiger partial charge on any atom is 0.247 e. The SMILES string of the molecule is Cc1ccc(CNC2CC(=O)N(C3CC3)C2=O)cc1. The Balaban J connectivity index is 1.60. The van der Waals surface area contributed by atoms with Crippen LogP contribution in [0.25, 0.3) is 0 Å². The van der Waals surface area contributed by atoms with E-state index in [1.807, 2.05) is 19.1 Å².